The van der Waals surface area contributed by atoms with Gasteiger partial charge in [0.1, 0.15) is 5.82 Å². The Morgan fingerprint density at radius 3 is 2.70 bits per heavy atom. The number of carbonyl (C=O) groups excluding carboxylic acids is 2. The first kappa shape index (κ1) is 18.8. The molecule has 1 aliphatic rings. The lowest BCUT2D eigenvalue weighted by molar-refractivity contribution is -0.119. The van der Waals surface area contributed by atoms with Crippen molar-refractivity contribution in [2.75, 3.05) is 29.0 Å². The third-order valence-corrected chi connectivity index (χ3v) is 5.19. The molecule has 0 saturated heterocycles. The van der Waals surface area contributed by atoms with Gasteiger partial charge in [-0.2, -0.15) is 0 Å². The van der Waals surface area contributed by atoms with E-state index < -0.39 is 34.3 Å². The summed E-state index contributed by atoms with van der Waals surface area (Å²) in [5.74, 6) is -1.80. The molecule has 2 aromatic carbocycles. The number of esters is 1. The number of nitrogens with one attached hydrogen (secondary N) is 1. The third-order valence-electron chi connectivity index (χ3n) is 4.01. The molecule has 7 nitrogen and oxygen atoms in total. The van der Waals surface area contributed by atoms with Crippen LogP contribution in [-0.4, -0.2) is 39.7 Å². The van der Waals surface area contributed by atoms with Crippen LogP contribution in [0.5, 0.6) is 0 Å². The molecule has 1 heterocycles. The van der Waals surface area contributed by atoms with Gasteiger partial charge in [0, 0.05) is 12.2 Å². The molecule has 0 radical (unpaired) electrons. The standard InChI is InChI=1S/C18H17FN2O5S/c1-27(24,25)21-8-7-12-9-13(5-6-16(12)21)18(23)26-11-17(22)20-15-4-2-3-14(19)10-15/h2-6,9-10H,7-8,11H2,1H3,(H,20,22). The highest BCUT2D eigenvalue weighted by Crippen LogP contribution is 2.30. The second kappa shape index (κ2) is 7.36. The van der Waals surface area contributed by atoms with Crippen LogP contribution in [0.15, 0.2) is 42.5 Å². The van der Waals surface area contributed by atoms with Gasteiger partial charge < -0.3 is 10.1 Å². The van der Waals surface area contributed by atoms with Gasteiger partial charge in [-0.15, -0.1) is 0 Å². The average Bonchev–Trinajstić information content (AvgIpc) is 3.03. The topological polar surface area (TPSA) is 92.8 Å². The van der Waals surface area contributed by atoms with Crippen molar-refractivity contribution in [2.24, 2.45) is 0 Å². The van der Waals surface area contributed by atoms with Gasteiger partial charge in [-0.05, 0) is 48.4 Å². The molecule has 0 saturated carbocycles. The first-order valence-corrected chi connectivity index (χ1v) is 9.92. The fourth-order valence-corrected chi connectivity index (χ4v) is 3.78. The lowest BCUT2D eigenvalue weighted by Crippen LogP contribution is -2.27. The van der Waals surface area contributed by atoms with E-state index in [1.54, 1.807) is 12.1 Å². The van der Waals surface area contributed by atoms with E-state index in [0.717, 1.165) is 17.9 Å². The maximum absolute atomic E-state index is 13.1. The zero-order valence-electron chi connectivity index (χ0n) is 14.4. The molecule has 0 bridgehead atoms. The Hall–Kier alpha value is -2.94. The van der Waals surface area contributed by atoms with Crippen molar-refractivity contribution in [3.8, 4) is 0 Å². The van der Waals surface area contributed by atoms with Crippen LogP contribution in [-0.2, 0) is 26.0 Å². The van der Waals surface area contributed by atoms with Gasteiger partial charge in [-0.1, -0.05) is 6.07 Å². The highest BCUT2D eigenvalue weighted by Gasteiger charge is 2.27. The van der Waals surface area contributed by atoms with Crippen molar-refractivity contribution in [2.45, 2.75) is 6.42 Å². The first-order valence-electron chi connectivity index (χ1n) is 8.07. The second-order valence-electron chi connectivity index (χ2n) is 6.06. The van der Waals surface area contributed by atoms with E-state index >= 15 is 0 Å². The molecular formula is C18H17FN2O5S. The van der Waals surface area contributed by atoms with Crippen molar-refractivity contribution >= 4 is 33.3 Å². The summed E-state index contributed by atoms with van der Waals surface area (Å²) in [6.07, 6.45) is 1.62. The lowest BCUT2D eigenvalue weighted by Gasteiger charge is -2.16. The van der Waals surface area contributed by atoms with Crippen molar-refractivity contribution in [1.29, 1.82) is 0 Å². The van der Waals surface area contributed by atoms with Crippen LogP contribution in [0.4, 0.5) is 15.8 Å². The minimum atomic E-state index is -3.37. The number of hydrogen-bond acceptors (Lipinski definition) is 5. The summed E-state index contributed by atoms with van der Waals surface area (Å²) in [7, 11) is -3.37. The summed E-state index contributed by atoms with van der Waals surface area (Å²) in [5, 5.41) is 2.42. The molecule has 1 amide bonds. The number of hydrogen-bond donors (Lipinski definition) is 1. The first-order chi connectivity index (χ1) is 12.7. The zero-order valence-corrected chi connectivity index (χ0v) is 15.3. The number of benzene rings is 2. The Morgan fingerprint density at radius 2 is 2.00 bits per heavy atom. The Balaban J connectivity index is 1.61. The molecule has 3 rings (SSSR count). The monoisotopic (exact) mass is 392 g/mol. The third kappa shape index (κ3) is 4.43. The summed E-state index contributed by atoms with van der Waals surface area (Å²) in [5.41, 5.74) is 1.74. The van der Waals surface area contributed by atoms with E-state index in [2.05, 4.69) is 5.32 Å². The van der Waals surface area contributed by atoms with Gasteiger partial charge in [0.2, 0.25) is 10.0 Å². The molecule has 1 aliphatic heterocycles. The van der Waals surface area contributed by atoms with Gasteiger partial charge in [0.15, 0.2) is 6.61 Å². The molecule has 142 valence electrons. The van der Waals surface area contributed by atoms with Gasteiger partial charge >= 0.3 is 5.97 Å². The van der Waals surface area contributed by atoms with Crippen LogP contribution >= 0.6 is 0 Å². The van der Waals surface area contributed by atoms with E-state index in [1.807, 2.05) is 0 Å². The Labute approximate surface area is 155 Å². The Morgan fingerprint density at radius 1 is 1.22 bits per heavy atom. The van der Waals surface area contributed by atoms with Gasteiger partial charge in [0.05, 0.1) is 17.5 Å². The average molecular weight is 392 g/mol. The molecule has 2 aromatic rings. The molecule has 0 aliphatic carbocycles. The van der Waals surface area contributed by atoms with Crippen LogP contribution < -0.4 is 9.62 Å². The van der Waals surface area contributed by atoms with E-state index in [1.165, 1.54) is 28.6 Å². The van der Waals surface area contributed by atoms with Crippen molar-refractivity contribution in [3.63, 3.8) is 0 Å². The SMILES string of the molecule is CS(=O)(=O)N1CCc2cc(C(=O)OCC(=O)Nc3cccc(F)c3)ccc21. The van der Waals surface area contributed by atoms with E-state index in [-0.39, 0.29) is 11.3 Å². The van der Waals surface area contributed by atoms with Gasteiger partial charge in [-0.25, -0.2) is 17.6 Å². The molecule has 0 unspecified atom stereocenters. The maximum atomic E-state index is 13.1. The van der Waals surface area contributed by atoms with Crippen LogP contribution in [0.3, 0.4) is 0 Å². The molecule has 0 atom stereocenters. The minimum absolute atomic E-state index is 0.225. The highest BCUT2D eigenvalue weighted by atomic mass is 32.2. The van der Waals surface area contributed by atoms with Crippen molar-refractivity contribution in [3.05, 3.63) is 59.4 Å². The molecule has 0 spiro atoms. The maximum Gasteiger partial charge on any atom is 0.338 e. The number of amides is 1. The van der Waals surface area contributed by atoms with E-state index in [4.69, 9.17) is 4.74 Å². The normalized spacial score (nSPS) is 13.2. The molecule has 1 N–H and O–H groups in total. The number of rotatable bonds is 5. The number of halogens is 1. The fourth-order valence-electron chi connectivity index (χ4n) is 2.82. The molecule has 0 aromatic heterocycles. The molecule has 0 fully saturated rings. The second-order valence-corrected chi connectivity index (χ2v) is 7.97. The number of carbonyl (C=O) groups is 2. The highest BCUT2D eigenvalue weighted by molar-refractivity contribution is 7.92. The number of nitrogens with zero attached hydrogens (tertiary/aromatic N) is 1. The molecular weight excluding hydrogens is 375 g/mol. The van der Waals surface area contributed by atoms with Crippen LogP contribution in [0.2, 0.25) is 0 Å². The Bertz CT molecular complexity index is 1010. The van der Waals surface area contributed by atoms with Crippen LogP contribution in [0, 0.1) is 5.82 Å². The number of fused-ring (bicyclic) bond motifs is 1. The molecule has 9 heteroatoms. The summed E-state index contributed by atoms with van der Waals surface area (Å²) >= 11 is 0. The van der Waals surface area contributed by atoms with Crippen molar-refractivity contribution in [1.82, 2.24) is 0 Å². The predicted octanol–water partition coefficient (Wildman–Crippen LogP) is 1.94. The molecule has 27 heavy (non-hydrogen) atoms. The lowest BCUT2D eigenvalue weighted by atomic mass is 10.1. The summed E-state index contributed by atoms with van der Waals surface area (Å²) in [6.45, 7) is -0.204. The van der Waals surface area contributed by atoms with Crippen LogP contribution in [0.25, 0.3) is 0 Å². The van der Waals surface area contributed by atoms with E-state index in [0.29, 0.717) is 18.7 Å². The number of sulfonamides is 1. The minimum Gasteiger partial charge on any atom is -0.452 e. The summed E-state index contributed by atoms with van der Waals surface area (Å²) in [6, 6.07) is 9.91. The predicted molar refractivity (Wildman–Crippen MR) is 97.6 cm³/mol. The number of anilines is 2. The van der Waals surface area contributed by atoms with Crippen molar-refractivity contribution < 1.29 is 27.1 Å². The van der Waals surface area contributed by atoms with Gasteiger partial charge in [-0.3, -0.25) is 9.10 Å². The summed E-state index contributed by atoms with van der Waals surface area (Å²) < 4.78 is 42.8. The van der Waals surface area contributed by atoms with Gasteiger partial charge in [0.25, 0.3) is 5.91 Å². The number of ether oxygens (including phenoxy) is 1. The fraction of sp³-hybridized carbons (Fsp3) is 0.222. The largest absolute Gasteiger partial charge is 0.452 e. The quantitative estimate of drug-likeness (QED) is 0.785. The smallest absolute Gasteiger partial charge is 0.338 e. The summed E-state index contributed by atoms with van der Waals surface area (Å²) in [4.78, 5) is 24.0. The van der Waals surface area contributed by atoms with E-state index in [9.17, 15) is 22.4 Å². The van der Waals surface area contributed by atoms with Crippen LogP contribution in [0.1, 0.15) is 15.9 Å². The Kier molecular flexibility index (Phi) is 5.13. The zero-order chi connectivity index (χ0) is 19.6.